The van der Waals surface area contributed by atoms with Crippen molar-refractivity contribution in [2.45, 2.75) is 75.8 Å². The molecule has 0 bridgehead atoms. The molecule has 2 rings (SSSR count). The van der Waals surface area contributed by atoms with E-state index >= 15 is 0 Å². The minimum atomic E-state index is 0.183. The molecule has 0 aromatic carbocycles. The molecule has 0 aromatic rings. The highest BCUT2D eigenvalue weighted by Gasteiger charge is 2.29. The van der Waals surface area contributed by atoms with Crippen LogP contribution in [0.25, 0.3) is 0 Å². The van der Waals surface area contributed by atoms with Crippen LogP contribution >= 0.6 is 0 Å². The van der Waals surface area contributed by atoms with Crippen molar-refractivity contribution in [1.82, 2.24) is 4.90 Å². The van der Waals surface area contributed by atoms with Crippen molar-refractivity contribution in [3.05, 3.63) is 0 Å². The number of hydrogen-bond acceptors (Lipinski definition) is 2. The fourth-order valence-corrected chi connectivity index (χ4v) is 3.43. The molecule has 2 heteroatoms. The summed E-state index contributed by atoms with van der Waals surface area (Å²) in [5, 5.41) is 0. The molecule has 16 heavy (non-hydrogen) atoms. The summed E-state index contributed by atoms with van der Waals surface area (Å²) >= 11 is 0. The number of rotatable bonds is 4. The van der Waals surface area contributed by atoms with Gasteiger partial charge in [0.05, 0.1) is 0 Å². The maximum Gasteiger partial charge on any atom is 0.0166 e. The summed E-state index contributed by atoms with van der Waals surface area (Å²) in [6, 6.07) is 0.846. The Morgan fingerprint density at radius 1 is 1.06 bits per heavy atom. The summed E-state index contributed by atoms with van der Waals surface area (Å²) in [6.45, 7) is 1.21. The standard InChI is InChI=1S/C14H28N2/c1-16(13-7-3-2-4-8-13)12-11-14(15)9-5-6-10-14/h13H,2-12,15H2,1H3. The quantitative estimate of drug-likeness (QED) is 0.795. The van der Waals surface area contributed by atoms with Crippen LogP contribution in [-0.4, -0.2) is 30.1 Å². The van der Waals surface area contributed by atoms with Gasteiger partial charge in [-0.2, -0.15) is 0 Å². The van der Waals surface area contributed by atoms with Gasteiger partial charge in [-0.05, 0) is 45.7 Å². The van der Waals surface area contributed by atoms with Gasteiger partial charge in [0.1, 0.15) is 0 Å². The molecule has 0 aromatic heterocycles. The lowest BCUT2D eigenvalue weighted by molar-refractivity contribution is 0.175. The van der Waals surface area contributed by atoms with Gasteiger partial charge in [-0.1, -0.05) is 32.1 Å². The first-order chi connectivity index (χ1) is 7.70. The second kappa shape index (κ2) is 5.50. The van der Waals surface area contributed by atoms with Gasteiger partial charge < -0.3 is 10.6 Å². The van der Waals surface area contributed by atoms with Crippen molar-refractivity contribution in [3.8, 4) is 0 Å². The van der Waals surface area contributed by atoms with Crippen LogP contribution < -0.4 is 5.73 Å². The highest BCUT2D eigenvalue weighted by Crippen LogP contribution is 2.31. The minimum absolute atomic E-state index is 0.183. The SMILES string of the molecule is CN(CCC1(N)CCCC1)C1CCCCC1. The first-order valence-corrected chi connectivity index (χ1v) is 7.19. The molecule has 0 saturated heterocycles. The van der Waals surface area contributed by atoms with Crippen LogP contribution in [0, 0.1) is 0 Å². The van der Waals surface area contributed by atoms with Crippen molar-refractivity contribution in [2.75, 3.05) is 13.6 Å². The second-order valence-electron chi connectivity index (χ2n) is 6.09. The average molecular weight is 224 g/mol. The Labute approximate surface area is 101 Å². The minimum Gasteiger partial charge on any atom is -0.325 e. The van der Waals surface area contributed by atoms with Gasteiger partial charge in [0.15, 0.2) is 0 Å². The second-order valence-corrected chi connectivity index (χ2v) is 6.09. The maximum absolute atomic E-state index is 6.41. The molecule has 0 spiro atoms. The van der Waals surface area contributed by atoms with Crippen LogP contribution in [0.5, 0.6) is 0 Å². The van der Waals surface area contributed by atoms with Gasteiger partial charge in [-0.3, -0.25) is 0 Å². The predicted octanol–water partition coefficient (Wildman–Crippen LogP) is 2.91. The molecule has 0 radical (unpaired) electrons. The molecule has 0 heterocycles. The molecule has 2 nitrogen and oxygen atoms in total. The summed E-state index contributed by atoms with van der Waals surface area (Å²) in [6.07, 6.45) is 13.6. The van der Waals surface area contributed by atoms with Crippen LogP contribution in [0.1, 0.15) is 64.2 Å². The number of hydrogen-bond donors (Lipinski definition) is 1. The van der Waals surface area contributed by atoms with E-state index in [1.54, 1.807) is 0 Å². The Kier molecular flexibility index (Phi) is 4.26. The van der Waals surface area contributed by atoms with E-state index in [1.165, 1.54) is 70.8 Å². The van der Waals surface area contributed by atoms with Crippen LogP contribution in [0.4, 0.5) is 0 Å². The third-order valence-corrected chi connectivity index (χ3v) is 4.76. The van der Waals surface area contributed by atoms with E-state index in [-0.39, 0.29) is 5.54 Å². The monoisotopic (exact) mass is 224 g/mol. The molecule has 2 N–H and O–H groups in total. The van der Waals surface area contributed by atoms with E-state index in [9.17, 15) is 0 Å². The Morgan fingerprint density at radius 3 is 2.31 bits per heavy atom. The first kappa shape index (κ1) is 12.4. The van der Waals surface area contributed by atoms with Gasteiger partial charge >= 0.3 is 0 Å². The van der Waals surface area contributed by atoms with Gasteiger partial charge in [0.2, 0.25) is 0 Å². The van der Waals surface area contributed by atoms with Crippen LogP contribution in [0.3, 0.4) is 0 Å². The third kappa shape index (κ3) is 3.21. The molecule has 0 amide bonds. The van der Waals surface area contributed by atoms with Crippen molar-refractivity contribution in [1.29, 1.82) is 0 Å². The predicted molar refractivity (Wildman–Crippen MR) is 69.5 cm³/mol. The van der Waals surface area contributed by atoms with E-state index in [1.807, 2.05) is 0 Å². The summed E-state index contributed by atoms with van der Waals surface area (Å²) in [7, 11) is 2.30. The largest absolute Gasteiger partial charge is 0.325 e. The van der Waals surface area contributed by atoms with E-state index < -0.39 is 0 Å². The Morgan fingerprint density at radius 2 is 1.69 bits per heavy atom. The molecule has 2 fully saturated rings. The van der Waals surface area contributed by atoms with Crippen LogP contribution in [0.15, 0.2) is 0 Å². The van der Waals surface area contributed by atoms with Crippen molar-refractivity contribution >= 4 is 0 Å². The zero-order valence-electron chi connectivity index (χ0n) is 10.9. The lowest BCUT2D eigenvalue weighted by Gasteiger charge is -2.34. The fraction of sp³-hybridized carbons (Fsp3) is 1.00. The average Bonchev–Trinajstić information content (AvgIpc) is 2.75. The number of nitrogens with zero attached hydrogens (tertiary/aromatic N) is 1. The van der Waals surface area contributed by atoms with Crippen molar-refractivity contribution < 1.29 is 0 Å². The van der Waals surface area contributed by atoms with Crippen molar-refractivity contribution in [2.24, 2.45) is 5.73 Å². The zero-order chi connectivity index (χ0) is 11.4. The normalized spacial score (nSPS) is 26.4. The Hall–Kier alpha value is -0.0800. The van der Waals surface area contributed by atoms with E-state index in [2.05, 4.69) is 11.9 Å². The molecule has 0 aliphatic heterocycles. The molecule has 0 unspecified atom stereocenters. The highest BCUT2D eigenvalue weighted by atomic mass is 15.1. The molecule has 94 valence electrons. The van der Waals surface area contributed by atoms with E-state index in [0.717, 1.165) is 6.04 Å². The highest BCUT2D eigenvalue weighted by molar-refractivity contribution is 4.90. The van der Waals surface area contributed by atoms with Gasteiger partial charge in [0.25, 0.3) is 0 Å². The van der Waals surface area contributed by atoms with Crippen LogP contribution in [-0.2, 0) is 0 Å². The van der Waals surface area contributed by atoms with Gasteiger partial charge in [0, 0.05) is 11.6 Å². The van der Waals surface area contributed by atoms with E-state index in [0.29, 0.717) is 0 Å². The molecule has 2 aliphatic carbocycles. The molecule has 2 saturated carbocycles. The van der Waals surface area contributed by atoms with Gasteiger partial charge in [-0.25, -0.2) is 0 Å². The lowest BCUT2D eigenvalue weighted by atomic mass is 9.92. The molecular weight excluding hydrogens is 196 g/mol. The summed E-state index contributed by atoms with van der Waals surface area (Å²) in [4.78, 5) is 2.58. The Bertz CT molecular complexity index is 203. The fourth-order valence-electron chi connectivity index (χ4n) is 3.43. The number of nitrogens with two attached hydrogens (primary N) is 1. The topological polar surface area (TPSA) is 29.3 Å². The third-order valence-electron chi connectivity index (χ3n) is 4.76. The van der Waals surface area contributed by atoms with Crippen LogP contribution in [0.2, 0.25) is 0 Å². The first-order valence-electron chi connectivity index (χ1n) is 7.19. The molecule has 0 atom stereocenters. The molecule has 2 aliphatic rings. The van der Waals surface area contributed by atoms with Crippen molar-refractivity contribution in [3.63, 3.8) is 0 Å². The van der Waals surface area contributed by atoms with Gasteiger partial charge in [-0.15, -0.1) is 0 Å². The zero-order valence-corrected chi connectivity index (χ0v) is 10.9. The maximum atomic E-state index is 6.41. The molecular formula is C14H28N2. The summed E-state index contributed by atoms with van der Waals surface area (Å²) in [5.74, 6) is 0. The lowest BCUT2D eigenvalue weighted by Crippen LogP contribution is -2.42. The Balaban J connectivity index is 1.71. The summed E-state index contributed by atoms with van der Waals surface area (Å²) < 4.78 is 0. The summed E-state index contributed by atoms with van der Waals surface area (Å²) in [5.41, 5.74) is 6.59. The smallest absolute Gasteiger partial charge is 0.0166 e. The van der Waals surface area contributed by atoms with E-state index in [4.69, 9.17) is 5.73 Å².